The molecule has 1 saturated heterocycles. The van der Waals surface area contributed by atoms with E-state index in [0.29, 0.717) is 24.9 Å². The van der Waals surface area contributed by atoms with Crippen LogP contribution >= 0.6 is 0 Å². The summed E-state index contributed by atoms with van der Waals surface area (Å²) in [6.07, 6.45) is 6.42. The third-order valence-electron chi connectivity index (χ3n) is 11.0. The number of aryl methyl sites for hydroxylation is 1. The van der Waals surface area contributed by atoms with Crippen LogP contribution in [-0.2, 0) is 40.3 Å². The molecule has 2 aliphatic heterocycles. The Kier molecular flexibility index (Phi) is 10.3. The molecule has 2 aromatic heterocycles. The number of rotatable bonds is 6. The van der Waals surface area contributed by atoms with Crippen molar-refractivity contribution in [3.05, 3.63) is 35.8 Å². The second kappa shape index (κ2) is 14.2. The normalized spacial score (nSPS) is 28.5. The Bertz CT molecular complexity index is 1900. The van der Waals surface area contributed by atoms with E-state index in [4.69, 9.17) is 9.47 Å². The van der Waals surface area contributed by atoms with Crippen molar-refractivity contribution in [1.82, 2.24) is 29.6 Å². The van der Waals surface area contributed by atoms with Gasteiger partial charge in [-0.2, -0.15) is 0 Å². The van der Waals surface area contributed by atoms with Crippen molar-refractivity contribution in [2.24, 2.45) is 16.7 Å². The predicted molar refractivity (Wildman–Crippen MR) is 193 cm³/mol. The molecule has 0 radical (unpaired) electrons. The highest BCUT2D eigenvalue weighted by molar-refractivity contribution is 7.91. The van der Waals surface area contributed by atoms with Crippen molar-refractivity contribution in [3.63, 3.8) is 0 Å². The van der Waals surface area contributed by atoms with Gasteiger partial charge in [0.25, 0.3) is 5.91 Å². The van der Waals surface area contributed by atoms with Crippen LogP contribution in [0.25, 0.3) is 5.65 Å². The molecule has 4 amide bonds. The number of esters is 1. The van der Waals surface area contributed by atoms with Crippen LogP contribution < -0.4 is 15.4 Å². The molecule has 15 nitrogen and oxygen atoms in total. The minimum absolute atomic E-state index is 0.0759. The number of amides is 4. The third kappa shape index (κ3) is 8.31. The molecule has 4 heterocycles. The van der Waals surface area contributed by atoms with Crippen LogP contribution in [0.1, 0.15) is 109 Å². The number of fused-ring (bicyclic) bond motifs is 3. The molecule has 2 aromatic rings. The number of nitrogens with one attached hydrogen (secondary N) is 3. The molecular weight excluding hydrogens is 705 g/mol. The van der Waals surface area contributed by atoms with E-state index in [2.05, 4.69) is 20.3 Å². The number of hydrogen-bond donors (Lipinski definition) is 3. The van der Waals surface area contributed by atoms with Gasteiger partial charge >= 0.3 is 12.1 Å². The summed E-state index contributed by atoms with van der Waals surface area (Å²) in [5.74, 6) is -3.15. The number of carbonyl (C=O) groups is 5. The maximum absolute atomic E-state index is 14.5. The first kappa shape index (κ1) is 38.5. The Labute approximate surface area is 310 Å². The monoisotopic (exact) mass is 756 g/mol. The smallest absolute Gasteiger partial charge is 0.407 e. The van der Waals surface area contributed by atoms with Gasteiger partial charge in [0.15, 0.2) is 5.69 Å². The number of sulfonamides is 1. The highest BCUT2D eigenvalue weighted by Crippen LogP contribution is 2.47. The number of imidazole rings is 1. The van der Waals surface area contributed by atoms with Gasteiger partial charge in [-0.1, -0.05) is 60.5 Å². The zero-order valence-electron chi connectivity index (χ0n) is 31.4. The molecule has 16 heteroatoms. The van der Waals surface area contributed by atoms with Crippen molar-refractivity contribution in [2.45, 2.75) is 128 Å². The van der Waals surface area contributed by atoms with Crippen molar-refractivity contribution in [1.29, 1.82) is 0 Å². The van der Waals surface area contributed by atoms with Crippen molar-refractivity contribution >= 4 is 45.5 Å². The third-order valence-corrected chi connectivity index (χ3v) is 12.8. The van der Waals surface area contributed by atoms with Crippen LogP contribution in [0.4, 0.5) is 4.79 Å². The van der Waals surface area contributed by atoms with E-state index >= 15 is 0 Å². The fourth-order valence-corrected chi connectivity index (χ4v) is 8.84. The lowest BCUT2D eigenvalue weighted by Crippen LogP contribution is -2.60. The lowest BCUT2D eigenvalue weighted by Gasteiger charge is -2.35. The first-order chi connectivity index (χ1) is 24.8. The first-order valence-electron chi connectivity index (χ1n) is 18.6. The lowest BCUT2D eigenvalue weighted by molar-refractivity contribution is -0.143. The zero-order chi connectivity index (χ0) is 38.5. The van der Waals surface area contributed by atoms with Gasteiger partial charge in [-0.05, 0) is 66.9 Å². The largest absolute Gasteiger partial charge is 0.456 e. The number of cyclic esters (lactones) is 1. The highest BCUT2D eigenvalue weighted by Gasteiger charge is 2.62. The number of aromatic nitrogens is 2. The molecule has 6 rings (SSSR count). The molecule has 0 spiro atoms. The maximum atomic E-state index is 14.5. The van der Waals surface area contributed by atoms with Crippen LogP contribution in [0.2, 0.25) is 0 Å². The summed E-state index contributed by atoms with van der Waals surface area (Å²) in [6.45, 7) is 11.1. The van der Waals surface area contributed by atoms with Crippen molar-refractivity contribution in [2.75, 3.05) is 13.2 Å². The predicted octanol–water partition coefficient (Wildman–Crippen LogP) is 3.25. The van der Waals surface area contributed by atoms with Gasteiger partial charge < -0.3 is 29.4 Å². The average Bonchev–Trinajstić information content (AvgIpc) is 3.97. The number of nitrogens with zero attached hydrogens (tertiary/aromatic N) is 3. The Morgan fingerprint density at radius 3 is 2.53 bits per heavy atom. The van der Waals surface area contributed by atoms with Crippen LogP contribution in [-0.4, -0.2) is 94.6 Å². The molecule has 5 atom stereocenters. The van der Waals surface area contributed by atoms with E-state index in [1.54, 1.807) is 37.6 Å². The molecular formula is C37H52N6O9S. The molecule has 0 unspecified atom stereocenters. The highest BCUT2D eigenvalue weighted by atomic mass is 32.2. The summed E-state index contributed by atoms with van der Waals surface area (Å²) in [7, 11) is -3.89. The minimum Gasteiger partial charge on any atom is -0.456 e. The zero-order valence-corrected chi connectivity index (χ0v) is 32.2. The fourth-order valence-electron chi connectivity index (χ4n) is 7.47. The van der Waals surface area contributed by atoms with E-state index in [1.165, 1.54) is 4.90 Å². The van der Waals surface area contributed by atoms with Gasteiger partial charge in [-0.3, -0.25) is 19.1 Å². The number of alkyl carbamates (subject to hydrolysis) is 1. The lowest BCUT2D eigenvalue weighted by atomic mass is 9.85. The topological polar surface area (TPSA) is 195 Å². The quantitative estimate of drug-likeness (QED) is 0.369. The summed E-state index contributed by atoms with van der Waals surface area (Å²) >= 11 is 0. The van der Waals surface area contributed by atoms with Gasteiger partial charge in [-0.25, -0.2) is 23.0 Å². The molecule has 4 aliphatic rings. The second-order valence-electron chi connectivity index (χ2n) is 17.0. The molecule has 2 saturated carbocycles. The van der Waals surface area contributed by atoms with E-state index in [-0.39, 0.29) is 43.0 Å². The van der Waals surface area contributed by atoms with Crippen LogP contribution in [0.15, 0.2) is 24.5 Å². The summed E-state index contributed by atoms with van der Waals surface area (Å²) in [5.41, 5.74) is -0.996. The standard InChI is InChI=1S/C37H52N6O9S/c1-7-23-18-37(23,33(47)41-53(49,50)25-13-14-25)40-30(44)27-17-24-19-43(27)31(45)28(35(2,3)4)39-34(48)51-21-36(5,6)15-9-8-11-22-12-10-16-42-20-26(32(46)52-24)38-29(22)42/h10,12,16,20,23-25,27-28H,7-9,11,13-15,17-19,21H2,1-6H3,(H,39,48)(H,40,44)(H,41,47)/t23-,24+,27-,28+,37-/m0/s1. The molecule has 3 N–H and O–H groups in total. The van der Waals surface area contributed by atoms with Crippen molar-refractivity contribution < 1.29 is 41.9 Å². The Morgan fingerprint density at radius 2 is 1.87 bits per heavy atom. The SMILES string of the molecule is CC[C@H]1C[C@@]1(NC(=O)[C@@H]1C[C@@H]2CN1C(=O)[C@H](C(C)(C)C)NC(=O)OCC(C)(C)CCCCc1cccn3cc(nc13)C(=O)O2)C(=O)NS(=O)(=O)C1CC1. The van der Waals surface area contributed by atoms with Gasteiger partial charge in [0.2, 0.25) is 21.8 Å². The Morgan fingerprint density at radius 1 is 1.13 bits per heavy atom. The summed E-state index contributed by atoms with van der Waals surface area (Å²) in [4.78, 5) is 74.9. The van der Waals surface area contributed by atoms with Crippen LogP contribution in [0, 0.1) is 16.7 Å². The summed E-state index contributed by atoms with van der Waals surface area (Å²) < 4.78 is 40.9. The van der Waals surface area contributed by atoms with Gasteiger partial charge in [0, 0.05) is 18.8 Å². The minimum atomic E-state index is -3.89. The first-order valence-corrected chi connectivity index (χ1v) is 20.2. The van der Waals surface area contributed by atoms with Gasteiger partial charge in [-0.15, -0.1) is 0 Å². The van der Waals surface area contributed by atoms with Crippen LogP contribution in [0.3, 0.4) is 0 Å². The number of pyridine rings is 1. The van der Waals surface area contributed by atoms with Gasteiger partial charge in [0.05, 0.1) is 18.4 Å². The van der Waals surface area contributed by atoms with Crippen molar-refractivity contribution in [3.8, 4) is 0 Å². The fraction of sp³-hybridized carbons (Fsp3) is 0.676. The van der Waals surface area contributed by atoms with Crippen LogP contribution in [0.5, 0.6) is 0 Å². The van der Waals surface area contributed by atoms with E-state index in [1.807, 2.05) is 32.9 Å². The molecule has 4 bridgehead atoms. The Balaban J connectivity index is 1.31. The van der Waals surface area contributed by atoms with E-state index in [0.717, 1.165) is 31.2 Å². The molecule has 53 heavy (non-hydrogen) atoms. The molecule has 290 valence electrons. The summed E-state index contributed by atoms with van der Waals surface area (Å²) in [5, 5.41) is 4.90. The molecule has 2 aliphatic carbocycles. The average molecular weight is 757 g/mol. The Hall–Kier alpha value is -4.21. The second-order valence-corrected chi connectivity index (χ2v) is 19.0. The molecule has 3 fully saturated rings. The number of ether oxygens (including phenoxy) is 2. The maximum Gasteiger partial charge on any atom is 0.407 e. The van der Waals surface area contributed by atoms with Gasteiger partial charge in [0.1, 0.15) is 29.4 Å². The number of carbonyl (C=O) groups excluding carboxylic acids is 5. The van der Waals surface area contributed by atoms with E-state index in [9.17, 15) is 32.4 Å². The number of hydrogen-bond acceptors (Lipinski definition) is 10. The molecule has 0 aromatic carbocycles. The van der Waals surface area contributed by atoms with E-state index < -0.39 is 74.2 Å². The summed E-state index contributed by atoms with van der Waals surface area (Å²) in [6, 6.07) is 1.49.